The van der Waals surface area contributed by atoms with Crippen LogP contribution in [0.2, 0.25) is 5.02 Å². The lowest BCUT2D eigenvalue weighted by Gasteiger charge is -2.17. The molecule has 0 spiro atoms. The number of aliphatic hydroxyl groups is 1. The average molecular weight is 233 g/mol. The van der Waals surface area contributed by atoms with Crippen molar-refractivity contribution in [2.75, 3.05) is 0 Å². The normalized spacial score (nSPS) is 16.8. The number of rotatable bonds is 3. The Hall–Kier alpha value is -0.670. The van der Waals surface area contributed by atoms with E-state index in [0.717, 1.165) is 0 Å². The lowest BCUT2D eigenvalue weighted by atomic mass is 10.0. The summed E-state index contributed by atoms with van der Waals surface area (Å²) in [5, 5.41) is 8.87. The molecule has 0 aromatic heterocycles. The Morgan fingerprint density at radius 2 is 2.07 bits per heavy atom. The third kappa shape index (κ3) is 1.99. The van der Waals surface area contributed by atoms with Crippen molar-refractivity contribution in [2.45, 2.75) is 25.4 Å². The third-order valence-corrected chi connectivity index (χ3v) is 2.98. The molecule has 2 rings (SSSR count). The predicted octanol–water partition coefficient (Wildman–Crippen LogP) is 3.33. The van der Waals surface area contributed by atoms with Gasteiger partial charge in [0, 0.05) is 11.5 Å². The van der Waals surface area contributed by atoms with Crippen molar-refractivity contribution in [1.82, 2.24) is 0 Å². The van der Waals surface area contributed by atoms with Crippen LogP contribution in [0.1, 0.15) is 24.0 Å². The minimum absolute atomic E-state index is 0.0402. The smallest absolute Gasteiger partial charge is 0.277 e. The van der Waals surface area contributed by atoms with E-state index in [0.29, 0.717) is 18.4 Å². The largest absolute Gasteiger partial charge is 0.392 e. The number of halogens is 3. The van der Waals surface area contributed by atoms with Crippen LogP contribution in [0.25, 0.3) is 0 Å². The molecule has 0 aliphatic heterocycles. The molecule has 15 heavy (non-hydrogen) atoms. The number of benzene rings is 1. The fourth-order valence-corrected chi connectivity index (χ4v) is 1.92. The lowest BCUT2D eigenvalue weighted by Crippen LogP contribution is -2.16. The SMILES string of the molecule is OCc1ccc(C(F)(F)C2CC2)c(Cl)c1. The van der Waals surface area contributed by atoms with Crippen LogP contribution in [0.15, 0.2) is 18.2 Å². The maximum atomic E-state index is 13.7. The summed E-state index contributed by atoms with van der Waals surface area (Å²) in [7, 11) is 0. The van der Waals surface area contributed by atoms with E-state index in [1.807, 2.05) is 0 Å². The zero-order valence-corrected chi connectivity index (χ0v) is 8.77. The van der Waals surface area contributed by atoms with Crippen LogP contribution in [0, 0.1) is 5.92 Å². The van der Waals surface area contributed by atoms with Crippen molar-refractivity contribution in [3.63, 3.8) is 0 Å². The minimum atomic E-state index is -2.83. The number of hydrogen-bond acceptors (Lipinski definition) is 1. The molecular formula is C11H11ClF2O. The van der Waals surface area contributed by atoms with E-state index < -0.39 is 11.8 Å². The molecule has 0 saturated heterocycles. The van der Waals surface area contributed by atoms with Gasteiger partial charge in [0.05, 0.1) is 11.6 Å². The lowest BCUT2D eigenvalue weighted by molar-refractivity contribution is -0.0284. The van der Waals surface area contributed by atoms with E-state index in [1.165, 1.54) is 18.2 Å². The molecule has 0 bridgehead atoms. The predicted molar refractivity (Wildman–Crippen MR) is 54.0 cm³/mol. The number of alkyl halides is 2. The second-order valence-corrected chi connectivity index (χ2v) is 4.28. The molecule has 4 heteroatoms. The standard InChI is InChI=1S/C11H11ClF2O/c12-10-5-7(6-15)1-4-9(10)11(13,14)8-2-3-8/h1,4-5,8,15H,2-3,6H2. The molecule has 0 heterocycles. The van der Waals surface area contributed by atoms with Gasteiger partial charge in [-0.3, -0.25) is 0 Å². The second kappa shape index (κ2) is 3.72. The monoisotopic (exact) mass is 232 g/mol. The Morgan fingerprint density at radius 3 is 2.53 bits per heavy atom. The van der Waals surface area contributed by atoms with Gasteiger partial charge in [0.1, 0.15) is 0 Å². The third-order valence-electron chi connectivity index (χ3n) is 2.67. The summed E-state index contributed by atoms with van der Waals surface area (Å²) in [6, 6.07) is 4.19. The van der Waals surface area contributed by atoms with Crippen molar-refractivity contribution in [3.05, 3.63) is 34.3 Å². The van der Waals surface area contributed by atoms with E-state index in [2.05, 4.69) is 0 Å². The Bertz CT molecular complexity index is 375. The molecule has 0 atom stereocenters. The maximum absolute atomic E-state index is 13.7. The van der Waals surface area contributed by atoms with Gasteiger partial charge in [-0.05, 0) is 24.5 Å². The van der Waals surface area contributed by atoms with Gasteiger partial charge in [0.2, 0.25) is 0 Å². The highest BCUT2D eigenvalue weighted by Crippen LogP contribution is 2.51. The molecule has 0 unspecified atom stereocenters. The highest BCUT2D eigenvalue weighted by atomic mass is 35.5. The second-order valence-electron chi connectivity index (χ2n) is 3.87. The molecule has 1 aliphatic carbocycles. The number of aliphatic hydroxyl groups excluding tert-OH is 1. The van der Waals surface area contributed by atoms with Gasteiger partial charge in [-0.25, -0.2) is 8.78 Å². The highest BCUT2D eigenvalue weighted by Gasteiger charge is 2.48. The van der Waals surface area contributed by atoms with E-state index in [1.54, 1.807) is 0 Å². The van der Waals surface area contributed by atoms with E-state index in [-0.39, 0.29) is 17.2 Å². The molecular weight excluding hydrogens is 222 g/mol. The Balaban J connectivity index is 2.35. The van der Waals surface area contributed by atoms with Gasteiger partial charge >= 0.3 is 0 Å². The summed E-state index contributed by atoms with van der Waals surface area (Å²) in [4.78, 5) is 0. The van der Waals surface area contributed by atoms with Crippen molar-refractivity contribution in [2.24, 2.45) is 5.92 Å². The molecule has 1 fully saturated rings. The van der Waals surface area contributed by atoms with Gasteiger partial charge < -0.3 is 5.11 Å². The first kappa shape index (κ1) is 10.8. The minimum Gasteiger partial charge on any atom is -0.392 e. The first-order valence-electron chi connectivity index (χ1n) is 4.83. The molecule has 1 saturated carbocycles. The van der Waals surface area contributed by atoms with Crippen LogP contribution < -0.4 is 0 Å². The fourth-order valence-electron chi connectivity index (χ4n) is 1.59. The fraction of sp³-hybridized carbons (Fsp3) is 0.455. The van der Waals surface area contributed by atoms with Crippen molar-refractivity contribution < 1.29 is 13.9 Å². The Kier molecular flexibility index (Phi) is 2.69. The van der Waals surface area contributed by atoms with Crippen LogP contribution in [-0.2, 0) is 12.5 Å². The molecule has 0 radical (unpaired) electrons. The quantitative estimate of drug-likeness (QED) is 0.848. The molecule has 1 N–H and O–H groups in total. The van der Waals surface area contributed by atoms with E-state index >= 15 is 0 Å². The van der Waals surface area contributed by atoms with Gasteiger partial charge in [0.15, 0.2) is 0 Å². The first-order chi connectivity index (χ1) is 7.05. The van der Waals surface area contributed by atoms with Gasteiger partial charge in [-0.1, -0.05) is 23.7 Å². The van der Waals surface area contributed by atoms with Gasteiger partial charge in [-0.2, -0.15) is 0 Å². The van der Waals surface area contributed by atoms with Crippen molar-refractivity contribution in [1.29, 1.82) is 0 Å². The summed E-state index contributed by atoms with van der Waals surface area (Å²) >= 11 is 5.77. The molecule has 82 valence electrons. The summed E-state index contributed by atoms with van der Waals surface area (Å²) < 4.78 is 27.4. The van der Waals surface area contributed by atoms with Crippen LogP contribution in [0.5, 0.6) is 0 Å². The molecule has 1 aromatic carbocycles. The molecule has 1 nitrogen and oxygen atoms in total. The first-order valence-corrected chi connectivity index (χ1v) is 5.21. The van der Waals surface area contributed by atoms with Crippen LogP contribution in [-0.4, -0.2) is 5.11 Å². The van der Waals surface area contributed by atoms with Crippen LogP contribution in [0.4, 0.5) is 8.78 Å². The zero-order valence-electron chi connectivity index (χ0n) is 8.01. The van der Waals surface area contributed by atoms with Crippen LogP contribution in [0.3, 0.4) is 0 Å². The summed E-state index contributed by atoms with van der Waals surface area (Å²) in [6.07, 6.45) is 1.12. The zero-order chi connectivity index (χ0) is 11.1. The summed E-state index contributed by atoms with van der Waals surface area (Å²) in [5.74, 6) is -3.39. The molecule has 1 aromatic rings. The maximum Gasteiger partial charge on any atom is 0.277 e. The summed E-state index contributed by atoms with van der Waals surface area (Å²) in [5.41, 5.74) is 0.430. The molecule has 1 aliphatic rings. The van der Waals surface area contributed by atoms with E-state index in [9.17, 15) is 8.78 Å². The topological polar surface area (TPSA) is 20.2 Å². The van der Waals surface area contributed by atoms with Crippen molar-refractivity contribution >= 4 is 11.6 Å². The van der Waals surface area contributed by atoms with Crippen LogP contribution >= 0.6 is 11.6 Å². The summed E-state index contributed by atoms with van der Waals surface area (Å²) in [6.45, 7) is -0.186. The highest BCUT2D eigenvalue weighted by molar-refractivity contribution is 6.31. The Labute approximate surface area is 91.7 Å². The molecule has 0 amide bonds. The number of hydrogen-bond donors (Lipinski definition) is 1. The van der Waals surface area contributed by atoms with E-state index in [4.69, 9.17) is 16.7 Å². The Morgan fingerprint density at radius 1 is 1.40 bits per heavy atom. The average Bonchev–Trinajstić information content (AvgIpc) is 3.00. The van der Waals surface area contributed by atoms with Gasteiger partial charge in [0.25, 0.3) is 5.92 Å². The van der Waals surface area contributed by atoms with Gasteiger partial charge in [-0.15, -0.1) is 0 Å². The van der Waals surface area contributed by atoms with Crippen molar-refractivity contribution in [3.8, 4) is 0 Å².